The minimum atomic E-state index is -0.253. The van der Waals surface area contributed by atoms with E-state index in [4.69, 9.17) is 4.74 Å². The van der Waals surface area contributed by atoms with Gasteiger partial charge in [-0.3, -0.25) is 0 Å². The Morgan fingerprint density at radius 2 is 2.17 bits per heavy atom. The van der Waals surface area contributed by atoms with Crippen LogP contribution in [-0.2, 0) is 11.2 Å². The van der Waals surface area contributed by atoms with Crippen molar-refractivity contribution in [3.8, 4) is 0 Å². The van der Waals surface area contributed by atoms with Crippen molar-refractivity contribution in [1.29, 1.82) is 0 Å². The zero-order valence-corrected chi connectivity index (χ0v) is 11.0. The highest BCUT2D eigenvalue weighted by molar-refractivity contribution is 5.90. The molecule has 0 aliphatic rings. The smallest absolute Gasteiger partial charge is 0.338 e. The first-order chi connectivity index (χ1) is 8.74. The van der Waals surface area contributed by atoms with Crippen LogP contribution in [0.4, 0.5) is 0 Å². The molecular formula is C15H19NO2. The molecule has 0 N–H and O–H groups in total. The van der Waals surface area contributed by atoms with E-state index in [0.717, 1.165) is 11.9 Å². The molecule has 2 aromatic heterocycles. The first-order valence-corrected chi connectivity index (χ1v) is 6.52. The Morgan fingerprint density at radius 1 is 1.33 bits per heavy atom. The maximum Gasteiger partial charge on any atom is 0.338 e. The van der Waals surface area contributed by atoms with Gasteiger partial charge in [-0.1, -0.05) is 13.3 Å². The Balaban J connectivity index is 2.25. The Kier molecular flexibility index (Phi) is 4.03. The fourth-order valence-corrected chi connectivity index (χ4v) is 2.03. The molecule has 2 rings (SSSR count). The Bertz CT molecular complexity index is 542. The Labute approximate surface area is 107 Å². The standard InChI is InChI=1S/C15H19NO2/c1-3-5-6-12-9-14-10-13(15(17)18-4-2)7-8-16(14)11-12/h7-11H,3-6H2,1-2H3. The van der Waals surface area contributed by atoms with Gasteiger partial charge in [-0.05, 0) is 43.5 Å². The molecule has 96 valence electrons. The van der Waals surface area contributed by atoms with Crippen LogP contribution in [0.25, 0.3) is 5.52 Å². The van der Waals surface area contributed by atoms with Crippen LogP contribution in [0.1, 0.15) is 42.6 Å². The second-order valence-corrected chi connectivity index (χ2v) is 4.42. The highest BCUT2D eigenvalue weighted by atomic mass is 16.5. The van der Waals surface area contributed by atoms with E-state index in [0.29, 0.717) is 12.2 Å². The van der Waals surface area contributed by atoms with Crippen LogP contribution in [0, 0.1) is 0 Å². The molecule has 0 spiro atoms. The lowest BCUT2D eigenvalue weighted by molar-refractivity contribution is 0.0526. The molecule has 0 unspecified atom stereocenters. The van der Waals surface area contributed by atoms with Crippen molar-refractivity contribution >= 4 is 11.5 Å². The van der Waals surface area contributed by atoms with Crippen LogP contribution >= 0.6 is 0 Å². The SMILES string of the molecule is CCCCc1cc2cc(C(=O)OCC)ccn2c1. The number of rotatable bonds is 5. The summed E-state index contributed by atoms with van der Waals surface area (Å²) in [5.74, 6) is -0.253. The number of hydrogen-bond acceptors (Lipinski definition) is 2. The predicted octanol–water partition coefficient (Wildman–Crippen LogP) is 3.46. The number of hydrogen-bond donors (Lipinski definition) is 0. The number of fused-ring (bicyclic) bond motifs is 1. The van der Waals surface area contributed by atoms with E-state index < -0.39 is 0 Å². The zero-order valence-electron chi connectivity index (χ0n) is 11.0. The van der Waals surface area contributed by atoms with Crippen LogP contribution < -0.4 is 0 Å². The van der Waals surface area contributed by atoms with E-state index >= 15 is 0 Å². The van der Waals surface area contributed by atoms with Crippen molar-refractivity contribution in [2.45, 2.75) is 33.1 Å². The summed E-state index contributed by atoms with van der Waals surface area (Å²) < 4.78 is 7.05. The van der Waals surface area contributed by atoms with Gasteiger partial charge in [-0.2, -0.15) is 0 Å². The number of aryl methyl sites for hydroxylation is 1. The monoisotopic (exact) mass is 245 g/mol. The lowest BCUT2D eigenvalue weighted by Crippen LogP contribution is -2.04. The fraction of sp³-hybridized carbons (Fsp3) is 0.400. The van der Waals surface area contributed by atoms with Crippen molar-refractivity contribution < 1.29 is 9.53 Å². The second kappa shape index (κ2) is 5.71. The number of nitrogens with zero attached hydrogens (tertiary/aromatic N) is 1. The molecule has 0 aliphatic carbocycles. The third kappa shape index (κ3) is 2.73. The molecular weight excluding hydrogens is 226 g/mol. The molecule has 0 amide bonds. The number of esters is 1. The summed E-state index contributed by atoms with van der Waals surface area (Å²) in [6.07, 6.45) is 7.52. The number of carbonyl (C=O) groups excluding carboxylic acids is 1. The molecule has 0 radical (unpaired) electrons. The van der Waals surface area contributed by atoms with Gasteiger partial charge in [0.2, 0.25) is 0 Å². The lowest BCUT2D eigenvalue weighted by atomic mass is 10.1. The maximum absolute atomic E-state index is 11.6. The van der Waals surface area contributed by atoms with Gasteiger partial charge in [0.15, 0.2) is 0 Å². The number of carbonyl (C=O) groups is 1. The molecule has 2 heterocycles. The summed E-state index contributed by atoms with van der Waals surface area (Å²) >= 11 is 0. The van der Waals surface area contributed by atoms with Gasteiger partial charge in [0.1, 0.15) is 0 Å². The van der Waals surface area contributed by atoms with E-state index in [2.05, 4.69) is 19.2 Å². The topological polar surface area (TPSA) is 30.7 Å². The number of pyridine rings is 1. The van der Waals surface area contributed by atoms with E-state index in [1.165, 1.54) is 18.4 Å². The molecule has 18 heavy (non-hydrogen) atoms. The summed E-state index contributed by atoms with van der Waals surface area (Å²) in [7, 11) is 0. The normalized spacial score (nSPS) is 10.8. The zero-order chi connectivity index (χ0) is 13.0. The van der Waals surface area contributed by atoms with E-state index in [-0.39, 0.29) is 5.97 Å². The minimum Gasteiger partial charge on any atom is -0.462 e. The molecule has 0 saturated heterocycles. The summed E-state index contributed by atoms with van der Waals surface area (Å²) in [5, 5.41) is 0. The molecule has 3 heteroatoms. The van der Waals surface area contributed by atoms with Crippen molar-refractivity contribution in [2.24, 2.45) is 0 Å². The molecule has 2 aromatic rings. The van der Waals surface area contributed by atoms with Crippen molar-refractivity contribution in [3.05, 3.63) is 41.7 Å². The quantitative estimate of drug-likeness (QED) is 0.755. The highest BCUT2D eigenvalue weighted by Crippen LogP contribution is 2.15. The number of unbranched alkanes of at least 4 members (excludes halogenated alkanes) is 1. The van der Waals surface area contributed by atoms with Gasteiger partial charge in [0.25, 0.3) is 0 Å². The molecule has 0 aliphatic heterocycles. The van der Waals surface area contributed by atoms with Crippen molar-refractivity contribution in [3.63, 3.8) is 0 Å². The summed E-state index contributed by atoms with van der Waals surface area (Å²) in [6.45, 7) is 4.41. The minimum absolute atomic E-state index is 0.253. The van der Waals surface area contributed by atoms with Gasteiger partial charge in [0, 0.05) is 17.9 Å². The summed E-state index contributed by atoms with van der Waals surface area (Å²) in [4.78, 5) is 11.6. The van der Waals surface area contributed by atoms with Crippen LogP contribution in [0.5, 0.6) is 0 Å². The third-order valence-corrected chi connectivity index (χ3v) is 2.98. The predicted molar refractivity (Wildman–Crippen MR) is 72.0 cm³/mol. The highest BCUT2D eigenvalue weighted by Gasteiger charge is 2.07. The van der Waals surface area contributed by atoms with Gasteiger partial charge in [0.05, 0.1) is 12.2 Å². The van der Waals surface area contributed by atoms with Gasteiger partial charge < -0.3 is 9.14 Å². The molecule has 0 saturated carbocycles. The lowest BCUT2D eigenvalue weighted by Gasteiger charge is -2.02. The van der Waals surface area contributed by atoms with Crippen molar-refractivity contribution in [1.82, 2.24) is 4.40 Å². The maximum atomic E-state index is 11.6. The molecule has 0 fully saturated rings. The number of aromatic nitrogens is 1. The molecule has 0 bridgehead atoms. The Morgan fingerprint density at radius 3 is 2.89 bits per heavy atom. The number of ether oxygens (including phenoxy) is 1. The largest absolute Gasteiger partial charge is 0.462 e. The van der Waals surface area contributed by atoms with Crippen LogP contribution in [0.2, 0.25) is 0 Å². The van der Waals surface area contributed by atoms with Gasteiger partial charge >= 0.3 is 5.97 Å². The third-order valence-electron chi connectivity index (χ3n) is 2.98. The molecule has 3 nitrogen and oxygen atoms in total. The van der Waals surface area contributed by atoms with E-state index in [1.807, 2.05) is 23.6 Å². The van der Waals surface area contributed by atoms with Crippen LogP contribution in [0.3, 0.4) is 0 Å². The first kappa shape index (κ1) is 12.7. The van der Waals surface area contributed by atoms with Crippen LogP contribution in [0.15, 0.2) is 30.6 Å². The molecule has 0 aromatic carbocycles. The molecule has 0 atom stereocenters. The Hall–Kier alpha value is -1.77. The average molecular weight is 245 g/mol. The fourth-order valence-electron chi connectivity index (χ4n) is 2.03. The summed E-state index contributed by atoms with van der Waals surface area (Å²) in [5.41, 5.74) is 2.98. The van der Waals surface area contributed by atoms with E-state index in [1.54, 1.807) is 6.07 Å². The average Bonchev–Trinajstić information content (AvgIpc) is 2.78. The second-order valence-electron chi connectivity index (χ2n) is 4.42. The van der Waals surface area contributed by atoms with Gasteiger partial charge in [-0.25, -0.2) is 4.79 Å². The van der Waals surface area contributed by atoms with Gasteiger partial charge in [-0.15, -0.1) is 0 Å². The van der Waals surface area contributed by atoms with E-state index in [9.17, 15) is 4.79 Å². The van der Waals surface area contributed by atoms with Crippen LogP contribution in [-0.4, -0.2) is 17.0 Å². The first-order valence-electron chi connectivity index (χ1n) is 6.52. The summed E-state index contributed by atoms with van der Waals surface area (Å²) in [6, 6.07) is 5.82. The van der Waals surface area contributed by atoms with Crippen molar-refractivity contribution in [2.75, 3.05) is 6.61 Å².